The average molecular weight is 258 g/mol. The largest absolute Gasteiger partial charge is 0.321 e. The van der Waals surface area contributed by atoms with Crippen LogP contribution >= 0.6 is 15.9 Å². The zero-order chi connectivity index (χ0) is 10.7. The van der Waals surface area contributed by atoms with Gasteiger partial charge in [0.05, 0.1) is 4.47 Å². The second-order valence-corrected chi connectivity index (χ2v) is 4.30. The molecule has 1 aromatic rings. The molecule has 0 amide bonds. The van der Waals surface area contributed by atoms with Crippen molar-refractivity contribution in [3.8, 4) is 0 Å². The summed E-state index contributed by atoms with van der Waals surface area (Å²) in [5, 5.41) is 0. The molecule has 14 heavy (non-hydrogen) atoms. The Morgan fingerprint density at radius 3 is 2.64 bits per heavy atom. The van der Waals surface area contributed by atoms with Gasteiger partial charge in [0.1, 0.15) is 5.82 Å². The van der Waals surface area contributed by atoms with E-state index in [9.17, 15) is 4.39 Å². The molecule has 0 aliphatic heterocycles. The van der Waals surface area contributed by atoms with E-state index in [1.165, 1.54) is 6.07 Å². The predicted molar refractivity (Wildman–Crippen MR) is 60.5 cm³/mol. The van der Waals surface area contributed by atoms with Gasteiger partial charge in [0.2, 0.25) is 0 Å². The van der Waals surface area contributed by atoms with Crippen LogP contribution in [0.2, 0.25) is 0 Å². The van der Waals surface area contributed by atoms with Gasteiger partial charge in [-0.3, -0.25) is 0 Å². The highest BCUT2D eigenvalue weighted by Gasteiger charge is 2.05. The quantitative estimate of drug-likeness (QED) is 0.806. The van der Waals surface area contributed by atoms with Gasteiger partial charge in [0, 0.05) is 6.04 Å². The van der Waals surface area contributed by atoms with Crippen molar-refractivity contribution in [1.82, 2.24) is 0 Å². The van der Waals surface area contributed by atoms with E-state index in [0.29, 0.717) is 4.47 Å². The summed E-state index contributed by atoms with van der Waals surface area (Å²) >= 11 is 3.10. The first-order chi connectivity index (χ1) is 6.50. The highest BCUT2D eigenvalue weighted by Crippen LogP contribution is 2.20. The summed E-state index contributed by atoms with van der Waals surface area (Å²) in [6.07, 6.45) is 1.91. The number of halogens is 2. The molecule has 0 saturated carbocycles. The number of hydrogen-bond acceptors (Lipinski definition) is 1. The lowest BCUT2D eigenvalue weighted by Crippen LogP contribution is -2.07. The molecule has 3 heteroatoms. The Labute approximate surface area is 91.9 Å². The summed E-state index contributed by atoms with van der Waals surface area (Å²) in [6.45, 7) is 3.93. The fraction of sp³-hybridized carbons (Fsp3) is 0.273. The lowest BCUT2D eigenvalue weighted by atomic mass is 10.1. The second-order valence-electron chi connectivity index (χ2n) is 3.44. The third kappa shape index (κ3) is 2.93. The maximum Gasteiger partial charge on any atom is 0.137 e. The molecular weight excluding hydrogens is 245 g/mol. The summed E-state index contributed by atoms with van der Waals surface area (Å²) in [5.74, 6) is -0.278. The summed E-state index contributed by atoms with van der Waals surface area (Å²) in [4.78, 5) is 0. The van der Waals surface area contributed by atoms with Gasteiger partial charge in [-0.2, -0.15) is 0 Å². The Morgan fingerprint density at radius 2 is 2.14 bits per heavy atom. The van der Waals surface area contributed by atoms with Gasteiger partial charge in [-0.1, -0.05) is 17.7 Å². The van der Waals surface area contributed by atoms with Gasteiger partial charge in [-0.25, -0.2) is 4.39 Å². The number of allylic oxidation sites excluding steroid dienone is 1. The normalized spacial score (nSPS) is 12.4. The minimum Gasteiger partial charge on any atom is -0.321 e. The van der Waals surface area contributed by atoms with Crippen LogP contribution in [-0.2, 0) is 0 Å². The smallest absolute Gasteiger partial charge is 0.137 e. The van der Waals surface area contributed by atoms with Crippen LogP contribution in [0.3, 0.4) is 0 Å². The van der Waals surface area contributed by atoms with Gasteiger partial charge in [-0.15, -0.1) is 0 Å². The molecule has 0 bridgehead atoms. The topological polar surface area (TPSA) is 26.0 Å². The Morgan fingerprint density at radius 1 is 1.50 bits per heavy atom. The molecule has 1 aromatic carbocycles. The van der Waals surface area contributed by atoms with Crippen molar-refractivity contribution < 1.29 is 4.39 Å². The molecule has 2 N–H and O–H groups in total. The van der Waals surface area contributed by atoms with E-state index in [-0.39, 0.29) is 11.9 Å². The van der Waals surface area contributed by atoms with Gasteiger partial charge >= 0.3 is 0 Å². The molecule has 0 heterocycles. The van der Waals surface area contributed by atoms with Gasteiger partial charge in [-0.05, 0) is 47.5 Å². The third-order valence-corrected chi connectivity index (χ3v) is 2.48. The molecule has 76 valence electrons. The Hall–Kier alpha value is -0.670. The second kappa shape index (κ2) is 4.71. The first kappa shape index (κ1) is 11.4. The van der Waals surface area contributed by atoms with E-state index >= 15 is 0 Å². The molecule has 0 radical (unpaired) electrons. The standard InChI is InChI=1S/C11H13BrFN/c1-7(2)5-11(14)8-3-4-9(12)10(13)6-8/h3-6,11H,14H2,1-2H3. The van der Waals surface area contributed by atoms with E-state index in [4.69, 9.17) is 5.73 Å². The van der Waals surface area contributed by atoms with Crippen LogP contribution in [0, 0.1) is 5.82 Å². The predicted octanol–water partition coefficient (Wildman–Crippen LogP) is 3.55. The number of benzene rings is 1. The molecule has 0 spiro atoms. The molecule has 0 fully saturated rings. The summed E-state index contributed by atoms with van der Waals surface area (Å²) in [5.41, 5.74) is 7.77. The van der Waals surface area contributed by atoms with Gasteiger partial charge in [0.15, 0.2) is 0 Å². The lowest BCUT2D eigenvalue weighted by Gasteiger charge is -2.08. The van der Waals surface area contributed by atoms with E-state index in [1.54, 1.807) is 6.07 Å². The SMILES string of the molecule is CC(C)=CC(N)c1ccc(Br)c(F)c1. The zero-order valence-electron chi connectivity index (χ0n) is 8.22. The molecule has 0 aliphatic rings. The van der Waals surface area contributed by atoms with Crippen molar-refractivity contribution in [3.63, 3.8) is 0 Å². The Balaban J connectivity index is 2.97. The number of hydrogen-bond donors (Lipinski definition) is 1. The number of nitrogens with two attached hydrogens (primary N) is 1. The van der Waals surface area contributed by atoms with Crippen molar-refractivity contribution in [3.05, 3.63) is 45.7 Å². The Kier molecular flexibility index (Phi) is 3.84. The fourth-order valence-corrected chi connectivity index (χ4v) is 1.42. The molecular formula is C11H13BrFN. The number of rotatable bonds is 2. The van der Waals surface area contributed by atoms with Crippen LogP contribution in [-0.4, -0.2) is 0 Å². The average Bonchev–Trinajstić information content (AvgIpc) is 2.08. The van der Waals surface area contributed by atoms with Crippen molar-refractivity contribution in [1.29, 1.82) is 0 Å². The summed E-state index contributed by atoms with van der Waals surface area (Å²) < 4.78 is 13.6. The van der Waals surface area contributed by atoms with Crippen LogP contribution in [0.25, 0.3) is 0 Å². The molecule has 1 atom stereocenters. The van der Waals surface area contributed by atoms with Crippen molar-refractivity contribution >= 4 is 15.9 Å². The minimum atomic E-state index is -0.278. The highest BCUT2D eigenvalue weighted by molar-refractivity contribution is 9.10. The molecule has 1 rings (SSSR count). The van der Waals surface area contributed by atoms with Crippen LogP contribution < -0.4 is 5.73 Å². The maximum absolute atomic E-state index is 13.2. The van der Waals surface area contributed by atoms with Crippen LogP contribution in [0.5, 0.6) is 0 Å². The lowest BCUT2D eigenvalue weighted by molar-refractivity contribution is 0.617. The first-order valence-electron chi connectivity index (χ1n) is 4.36. The highest BCUT2D eigenvalue weighted by atomic mass is 79.9. The summed E-state index contributed by atoms with van der Waals surface area (Å²) in [7, 11) is 0. The van der Waals surface area contributed by atoms with Gasteiger partial charge < -0.3 is 5.73 Å². The first-order valence-corrected chi connectivity index (χ1v) is 5.15. The molecule has 1 unspecified atom stereocenters. The Bertz CT molecular complexity index is 356. The van der Waals surface area contributed by atoms with E-state index in [0.717, 1.165) is 11.1 Å². The van der Waals surface area contributed by atoms with E-state index in [1.807, 2.05) is 26.0 Å². The van der Waals surface area contributed by atoms with Crippen molar-refractivity contribution in [2.75, 3.05) is 0 Å². The van der Waals surface area contributed by atoms with Gasteiger partial charge in [0.25, 0.3) is 0 Å². The van der Waals surface area contributed by atoms with Crippen molar-refractivity contribution in [2.45, 2.75) is 19.9 Å². The van der Waals surface area contributed by atoms with Crippen molar-refractivity contribution in [2.24, 2.45) is 5.73 Å². The third-order valence-electron chi connectivity index (χ3n) is 1.84. The van der Waals surface area contributed by atoms with Crippen LogP contribution in [0.15, 0.2) is 34.3 Å². The summed E-state index contributed by atoms with van der Waals surface area (Å²) in [6, 6.07) is 4.71. The fourth-order valence-electron chi connectivity index (χ4n) is 1.18. The minimum absolute atomic E-state index is 0.234. The van der Waals surface area contributed by atoms with E-state index in [2.05, 4.69) is 15.9 Å². The molecule has 1 nitrogen and oxygen atoms in total. The van der Waals surface area contributed by atoms with Crippen LogP contribution in [0.4, 0.5) is 4.39 Å². The maximum atomic E-state index is 13.2. The van der Waals surface area contributed by atoms with E-state index < -0.39 is 0 Å². The molecule has 0 aliphatic carbocycles. The zero-order valence-corrected chi connectivity index (χ0v) is 9.81. The molecule has 0 saturated heterocycles. The molecule has 0 aromatic heterocycles. The van der Waals surface area contributed by atoms with Crippen LogP contribution in [0.1, 0.15) is 25.5 Å². The monoisotopic (exact) mass is 257 g/mol.